The van der Waals surface area contributed by atoms with Crippen LogP contribution in [0.1, 0.15) is 19.4 Å². The van der Waals surface area contributed by atoms with Gasteiger partial charge in [-0.25, -0.2) is 4.39 Å². The van der Waals surface area contributed by atoms with Crippen LogP contribution in [-0.2, 0) is 11.3 Å². The number of ether oxygens (including phenoxy) is 2. The first kappa shape index (κ1) is 23.1. The Morgan fingerprint density at radius 1 is 1.18 bits per heavy atom. The predicted octanol–water partition coefficient (Wildman–Crippen LogP) is 4.45. The molecular formula is C24H26ClFN4O3. The maximum absolute atomic E-state index is 14.5. The molecular weight excluding hydrogens is 447 g/mol. The first-order valence-electron chi connectivity index (χ1n) is 10.8. The van der Waals surface area contributed by atoms with E-state index < -0.39 is 5.82 Å². The number of nitrogens with zero attached hydrogens (tertiary/aromatic N) is 3. The molecule has 0 spiro atoms. The predicted molar refractivity (Wildman–Crippen MR) is 128 cm³/mol. The van der Waals surface area contributed by atoms with Gasteiger partial charge in [-0.15, -0.1) is 0 Å². The average molecular weight is 473 g/mol. The summed E-state index contributed by atoms with van der Waals surface area (Å²) >= 11 is 6.02. The van der Waals surface area contributed by atoms with Gasteiger partial charge in [-0.05, 0) is 43.7 Å². The highest BCUT2D eigenvalue weighted by atomic mass is 35.5. The largest absolute Gasteiger partial charge is 0.488 e. The zero-order valence-corrected chi connectivity index (χ0v) is 19.3. The minimum Gasteiger partial charge on any atom is -0.488 e. The molecule has 0 amide bonds. The Kier molecular flexibility index (Phi) is 7.15. The molecule has 0 unspecified atom stereocenters. The summed E-state index contributed by atoms with van der Waals surface area (Å²) < 4.78 is 27.2. The number of morpholine rings is 1. The number of rotatable bonds is 7. The fourth-order valence-corrected chi connectivity index (χ4v) is 3.69. The Morgan fingerprint density at radius 2 is 1.91 bits per heavy atom. The summed E-state index contributed by atoms with van der Waals surface area (Å²) in [6, 6.07) is 12.0. The highest BCUT2D eigenvalue weighted by molar-refractivity contribution is 6.30. The fourth-order valence-electron chi connectivity index (χ4n) is 3.57. The first-order chi connectivity index (χ1) is 15.9. The lowest BCUT2D eigenvalue weighted by molar-refractivity contribution is 0.122. The molecule has 1 saturated heterocycles. The fraction of sp³-hybridized carbons (Fsp3) is 0.333. The van der Waals surface area contributed by atoms with E-state index >= 15 is 0 Å². The van der Waals surface area contributed by atoms with Crippen LogP contribution >= 0.6 is 11.6 Å². The van der Waals surface area contributed by atoms with Crippen molar-refractivity contribution in [2.24, 2.45) is 0 Å². The maximum Gasteiger partial charge on any atom is 0.298 e. The zero-order chi connectivity index (χ0) is 23.4. The minimum absolute atomic E-state index is 0.141. The molecule has 174 valence electrons. The normalized spacial score (nSPS) is 13.9. The summed E-state index contributed by atoms with van der Waals surface area (Å²) in [5, 5.41) is 3.73. The number of anilines is 3. The van der Waals surface area contributed by atoms with Gasteiger partial charge in [0.05, 0.1) is 25.9 Å². The number of aromatic nitrogens is 2. The van der Waals surface area contributed by atoms with Crippen molar-refractivity contribution < 1.29 is 13.9 Å². The van der Waals surface area contributed by atoms with Gasteiger partial charge in [0.25, 0.3) is 5.56 Å². The van der Waals surface area contributed by atoms with E-state index in [1.54, 1.807) is 18.3 Å². The summed E-state index contributed by atoms with van der Waals surface area (Å²) in [4.78, 5) is 19.1. The van der Waals surface area contributed by atoms with Gasteiger partial charge in [-0.1, -0.05) is 23.7 Å². The molecule has 1 aliphatic heterocycles. The lowest BCUT2D eigenvalue weighted by atomic mass is 10.2. The number of halogens is 2. The van der Waals surface area contributed by atoms with Crippen molar-refractivity contribution in [3.63, 3.8) is 0 Å². The second kappa shape index (κ2) is 10.2. The van der Waals surface area contributed by atoms with Crippen molar-refractivity contribution in [1.82, 2.24) is 9.55 Å². The van der Waals surface area contributed by atoms with Crippen LogP contribution in [-0.4, -0.2) is 42.0 Å². The summed E-state index contributed by atoms with van der Waals surface area (Å²) in [5.41, 5.74) is 1.59. The van der Waals surface area contributed by atoms with E-state index in [0.29, 0.717) is 55.2 Å². The lowest BCUT2D eigenvalue weighted by Crippen LogP contribution is -2.39. The van der Waals surface area contributed by atoms with E-state index in [0.717, 1.165) is 5.56 Å². The molecule has 1 N–H and O–H groups in total. The number of nitrogens with one attached hydrogen (secondary N) is 1. The van der Waals surface area contributed by atoms with E-state index in [1.165, 1.54) is 6.07 Å². The third kappa shape index (κ3) is 5.83. The van der Waals surface area contributed by atoms with Gasteiger partial charge >= 0.3 is 0 Å². The number of hydrogen-bond acceptors (Lipinski definition) is 6. The highest BCUT2D eigenvalue weighted by Crippen LogP contribution is 2.25. The molecule has 0 aliphatic carbocycles. The summed E-state index contributed by atoms with van der Waals surface area (Å²) in [7, 11) is 0. The number of hydrogen-bond donors (Lipinski definition) is 1. The molecule has 0 bridgehead atoms. The third-order valence-corrected chi connectivity index (χ3v) is 5.40. The van der Waals surface area contributed by atoms with E-state index in [1.807, 2.05) is 47.6 Å². The van der Waals surface area contributed by atoms with Gasteiger partial charge in [0.2, 0.25) is 5.95 Å². The van der Waals surface area contributed by atoms with Crippen molar-refractivity contribution in [1.29, 1.82) is 0 Å². The average Bonchev–Trinajstić information content (AvgIpc) is 2.79. The first-order valence-corrected chi connectivity index (χ1v) is 11.2. The van der Waals surface area contributed by atoms with Crippen molar-refractivity contribution in [3.05, 3.63) is 75.4 Å². The molecule has 0 atom stereocenters. The van der Waals surface area contributed by atoms with Gasteiger partial charge < -0.3 is 24.3 Å². The molecule has 4 rings (SSSR count). The standard InChI is InChI=1S/C24H26ClFN4O3/c1-16(2)33-22-8-7-19(13-20(22)26)27-24-28-23(31)21(29-9-11-32-12-10-29)15-30(24)14-17-3-5-18(25)6-4-17/h3-8,13,15-16H,9-12,14H2,1-2H3,(H,27,28,31). The van der Waals surface area contributed by atoms with Crippen LogP contribution in [0.2, 0.25) is 5.02 Å². The smallest absolute Gasteiger partial charge is 0.298 e. The van der Waals surface area contributed by atoms with Crippen molar-refractivity contribution in [3.8, 4) is 5.75 Å². The van der Waals surface area contributed by atoms with Crippen LogP contribution in [0.5, 0.6) is 5.75 Å². The lowest BCUT2D eigenvalue weighted by Gasteiger charge is -2.28. The number of benzene rings is 2. The summed E-state index contributed by atoms with van der Waals surface area (Å²) in [6.07, 6.45) is 1.64. The molecule has 0 saturated carbocycles. The van der Waals surface area contributed by atoms with E-state index in [-0.39, 0.29) is 17.4 Å². The summed E-state index contributed by atoms with van der Waals surface area (Å²) in [6.45, 7) is 6.46. The summed E-state index contributed by atoms with van der Waals surface area (Å²) in [5.74, 6) is -0.0150. The Bertz CT molecular complexity index is 1160. The molecule has 33 heavy (non-hydrogen) atoms. The van der Waals surface area contributed by atoms with Gasteiger partial charge in [-0.2, -0.15) is 4.98 Å². The Morgan fingerprint density at radius 3 is 2.58 bits per heavy atom. The van der Waals surface area contributed by atoms with E-state index in [4.69, 9.17) is 21.1 Å². The SMILES string of the molecule is CC(C)Oc1ccc(Nc2nc(=O)c(N3CCOCC3)cn2Cc2ccc(Cl)cc2)cc1F. The molecule has 2 heterocycles. The van der Waals surface area contributed by atoms with Crippen molar-refractivity contribution >= 4 is 28.9 Å². The second-order valence-corrected chi connectivity index (χ2v) is 8.48. The van der Waals surface area contributed by atoms with Gasteiger partial charge in [-0.3, -0.25) is 4.79 Å². The maximum atomic E-state index is 14.5. The molecule has 1 fully saturated rings. The Balaban J connectivity index is 1.68. The monoisotopic (exact) mass is 472 g/mol. The Labute approximate surface area is 196 Å². The van der Waals surface area contributed by atoms with Crippen LogP contribution in [0, 0.1) is 5.82 Å². The van der Waals surface area contributed by atoms with Gasteiger partial charge in [0.1, 0.15) is 5.69 Å². The molecule has 2 aromatic carbocycles. The van der Waals surface area contributed by atoms with Crippen molar-refractivity contribution in [2.45, 2.75) is 26.5 Å². The second-order valence-electron chi connectivity index (χ2n) is 8.05. The van der Waals surface area contributed by atoms with Crippen LogP contribution < -0.4 is 20.5 Å². The topological polar surface area (TPSA) is 68.6 Å². The molecule has 9 heteroatoms. The molecule has 7 nitrogen and oxygen atoms in total. The molecule has 1 aliphatic rings. The van der Waals surface area contributed by atoms with Gasteiger partial charge in [0, 0.05) is 36.1 Å². The van der Waals surface area contributed by atoms with Crippen LogP contribution in [0.25, 0.3) is 0 Å². The zero-order valence-electron chi connectivity index (χ0n) is 18.6. The highest BCUT2D eigenvalue weighted by Gasteiger charge is 2.18. The van der Waals surface area contributed by atoms with Crippen LogP contribution in [0.4, 0.5) is 21.7 Å². The van der Waals surface area contributed by atoms with Crippen molar-refractivity contribution in [2.75, 3.05) is 36.5 Å². The van der Waals surface area contributed by atoms with E-state index in [9.17, 15) is 9.18 Å². The molecule has 3 aromatic rings. The van der Waals surface area contributed by atoms with Crippen LogP contribution in [0.15, 0.2) is 53.5 Å². The minimum atomic E-state index is -0.495. The Hall–Kier alpha value is -3.10. The molecule has 0 radical (unpaired) electrons. The quantitative estimate of drug-likeness (QED) is 0.548. The van der Waals surface area contributed by atoms with E-state index in [2.05, 4.69) is 10.3 Å². The molecule has 1 aromatic heterocycles. The van der Waals surface area contributed by atoms with Gasteiger partial charge in [0.15, 0.2) is 11.6 Å². The van der Waals surface area contributed by atoms with Crippen LogP contribution in [0.3, 0.4) is 0 Å². The third-order valence-electron chi connectivity index (χ3n) is 5.15.